The van der Waals surface area contributed by atoms with Crippen LogP contribution < -0.4 is 5.32 Å². The second kappa shape index (κ2) is 7.22. The van der Waals surface area contributed by atoms with E-state index in [0.717, 1.165) is 12.8 Å². The van der Waals surface area contributed by atoms with Crippen molar-refractivity contribution in [1.82, 2.24) is 5.32 Å². The van der Waals surface area contributed by atoms with Crippen LogP contribution in [0.15, 0.2) is 46.3 Å². The zero-order valence-corrected chi connectivity index (χ0v) is 13.8. The molecule has 0 amide bonds. The van der Waals surface area contributed by atoms with Crippen LogP contribution in [-0.2, 0) is 6.42 Å². The molecule has 0 radical (unpaired) electrons. The molecule has 1 nitrogen and oxygen atoms in total. The topological polar surface area (TPSA) is 12.0 Å². The van der Waals surface area contributed by atoms with E-state index in [9.17, 15) is 0 Å². The monoisotopic (exact) mass is 337 g/mol. The first-order valence-electron chi connectivity index (χ1n) is 6.70. The van der Waals surface area contributed by atoms with Crippen LogP contribution >= 0.6 is 27.3 Å². The molecule has 102 valence electrons. The van der Waals surface area contributed by atoms with Crippen LogP contribution in [0.2, 0.25) is 0 Å². The predicted molar refractivity (Wildman–Crippen MR) is 88.0 cm³/mol. The maximum atomic E-state index is 3.63. The number of hydrogen-bond donors (Lipinski definition) is 1. The zero-order valence-electron chi connectivity index (χ0n) is 11.4. The van der Waals surface area contributed by atoms with Crippen LogP contribution in [0.5, 0.6) is 0 Å². The molecule has 0 aliphatic heterocycles. The Morgan fingerprint density at radius 3 is 2.47 bits per heavy atom. The minimum atomic E-state index is 0.474. The normalized spacial score (nSPS) is 14.3. The van der Waals surface area contributed by atoms with Gasteiger partial charge < -0.3 is 5.32 Å². The van der Waals surface area contributed by atoms with Crippen LogP contribution in [0.3, 0.4) is 0 Å². The molecule has 1 aromatic heterocycles. The van der Waals surface area contributed by atoms with Crippen molar-refractivity contribution < 1.29 is 0 Å². The molecule has 2 unspecified atom stereocenters. The predicted octanol–water partition coefficient (Wildman–Crippen LogP) is 4.83. The lowest BCUT2D eigenvalue weighted by molar-refractivity contribution is 0.450. The van der Waals surface area contributed by atoms with Crippen molar-refractivity contribution in [3.8, 4) is 0 Å². The van der Waals surface area contributed by atoms with Crippen molar-refractivity contribution >= 4 is 27.3 Å². The highest BCUT2D eigenvalue weighted by molar-refractivity contribution is 9.10. The smallest absolute Gasteiger partial charge is 0.0314 e. The summed E-state index contributed by atoms with van der Waals surface area (Å²) < 4.78 is 1.24. The van der Waals surface area contributed by atoms with Crippen LogP contribution in [0.1, 0.15) is 29.7 Å². The Bertz CT molecular complexity index is 494. The summed E-state index contributed by atoms with van der Waals surface area (Å²) >= 11 is 5.46. The number of hydrogen-bond acceptors (Lipinski definition) is 2. The minimum absolute atomic E-state index is 0.474. The highest BCUT2D eigenvalue weighted by Gasteiger charge is 2.21. The van der Waals surface area contributed by atoms with Crippen molar-refractivity contribution in [3.63, 3.8) is 0 Å². The highest BCUT2D eigenvalue weighted by Crippen LogP contribution is 2.30. The number of halogens is 1. The Kier molecular flexibility index (Phi) is 5.61. The fourth-order valence-corrected chi connectivity index (χ4v) is 4.14. The van der Waals surface area contributed by atoms with Gasteiger partial charge in [-0.3, -0.25) is 0 Å². The van der Waals surface area contributed by atoms with E-state index < -0.39 is 0 Å². The van der Waals surface area contributed by atoms with Crippen LogP contribution in [0.4, 0.5) is 0 Å². The number of thiophene rings is 1. The van der Waals surface area contributed by atoms with E-state index in [-0.39, 0.29) is 0 Å². The molecule has 2 aromatic rings. The molecule has 0 aliphatic rings. The maximum absolute atomic E-state index is 3.63. The van der Waals surface area contributed by atoms with Crippen LogP contribution in [-0.4, -0.2) is 13.1 Å². The molecule has 1 aromatic carbocycles. The number of rotatable bonds is 6. The van der Waals surface area contributed by atoms with E-state index >= 15 is 0 Å². The minimum Gasteiger partial charge on any atom is -0.316 e. The van der Waals surface area contributed by atoms with Crippen molar-refractivity contribution in [2.45, 2.75) is 31.7 Å². The third kappa shape index (κ3) is 3.68. The van der Waals surface area contributed by atoms with Crippen LogP contribution in [0, 0.1) is 0 Å². The summed E-state index contributed by atoms with van der Waals surface area (Å²) in [6, 6.07) is 13.4. The van der Waals surface area contributed by atoms with Crippen molar-refractivity contribution in [2.75, 3.05) is 7.05 Å². The van der Waals surface area contributed by atoms with Gasteiger partial charge in [-0.2, -0.15) is 0 Å². The zero-order chi connectivity index (χ0) is 13.7. The molecule has 0 saturated heterocycles. The summed E-state index contributed by atoms with van der Waals surface area (Å²) in [5, 5.41) is 5.65. The van der Waals surface area contributed by atoms with Gasteiger partial charge in [0.25, 0.3) is 0 Å². The van der Waals surface area contributed by atoms with Gasteiger partial charge in [0.05, 0.1) is 0 Å². The largest absolute Gasteiger partial charge is 0.316 e. The molecular weight excluding hydrogens is 318 g/mol. The standard InChI is InChI=1S/C16H20BrNS/c1-3-13(12-7-5-4-6-8-12)15(18-2)11-16-14(17)9-10-19-16/h4-10,13,15,18H,3,11H2,1-2H3. The molecule has 0 saturated carbocycles. The van der Waals surface area contributed by atoms with Crippen molar-refractivity contribution in [3.05, 3.63) is 56.7 Å². The first-order chi connectivity index (χ1) is 9.26. The lowest BCUT2D eigenvalue weighted by Gasteiger charge is -2.26. The van der Waals surface area contributed by atoms with Gasteiger partial charge in [-0.05, 0) is 58.7 Å². The molecule has 0 spiro atoms. The number of nitrogens with one attached hydrogen (secondary N) is 1. The molecule has 1 N–H and O–H groups in total. The van der Waals surface area contributed by atoms with Gasteiger partial charge in [0.1, 0.15) is 0 Å². The first kappa shape index (κ1) is 14.8. The number of likely N-dealkylation sites (N-methyl/N-ethyl adjacent to an activating group) is 1. The summed E-state index contributed by atoms with van der Waals surface area (Å²) in [5.74, 6) is 0.556. The van der Waals surface area contributed by atoms with Gasteiger partial charge in [-0.25, -0.2) is 0 Å². The van der Waals surface area contributed by atoms with E-state index in [1.807, 2.05) is 11.3 Å². The Morgan fingerprint density at radius 1 is 1.21 bits per heavy atom. The molecule has 2 rings (SSSR count). The van der Waals surface area contributed by atoms with Crippen LogP contribution in [0.25, 0.3) is 0 Å². The van der Waals surface area contributed by atoms with Crippen molar-refractivity contribution in [1.29, 1.82) is 0 Å². The Balaban J connectivity index is 2.17. The maximum Gasteiger partial charge on any atom is 0.0314 e. The molecular formula is C16H20BrNS. The molecule has 0 bridgehead atoms. The van der Waals surface area contributed by atoms with E-state index in [0.29, 0.717) is 12.0 Å². The Labute approximate surface area is 128 Å². The second-order valence-corrected chi connectivity index (χ2v) is 6.57. The lowest BCUT2D eigenvalue weighted by Crippen LogP contribution is -2.33. The SMILES string of the molecule is CCC(c1ccccc1)C(Cc1sccc1Br)NC. The fraction of sp³-hybridized carbons (Fsp3) is 0.375. The van der Waals surface area contributed by atoms with Gasteiger partial charge in [0.15, 0.2) is 0 Å². The summed E-state index contributed by atoms with van der Waals surface area (Å²) in [7, 11) is 2.07. The molecule has 19 heavy (non-hydrogen) atoms. The van der Waals surface area contributed by atoms with Gasteiger partial charge in [0.2, 0.25) is 0 Å². The Hall–Kier alpha value is -0.640. The highest BCUT2D eigenvalue weighted by atomic mass is 79.9. The summed E-state index contributed by atoms with van der Waals surface area (Å²) in [6.45, 7) is 2.27. The molecule has 0 aliphatic carbocycles. The molecule has 3 heteroatoms. The molecule has 0 fully saturated rings. The summed E-state index contributed by atoms with van der Waals surface area (Å²) in [6.07, 6.45) is 2.22. The second-order valence-electron chi connectivity index (χ2n) is 4.72. The summed E-state index contributed by atoms with van der Waals surface area (Å²) in [5.41, 5.74) is 1.43. The molecule has 1 heterocycles. The van der Waals surface area contributed by atoms with E-state index in [2.05, 4.69) is 77.0 Å². The van der Waals surface area contributed by atoms with E-state index in [1.165, 1.54) is 14.9 Å². The number of benzene rings is 1. The van der Waals surface area contributed by atoms with Crippen molar-refractivity contribution in [2.24, 2.45) is 0 Å². The van der Waals surface area contributed by atoms with Gasteiger partial charge in [0, 0.05) is 15.4 Å². The Morgan fingerprint density at radius 2 is 1.95 bits per heavy atom. The average Bonchev–Trinajstić information content (AvgIpc) is 2.85. The lowest BCUT2D eigenvalue weighted by atomic mass is 9.87. The quantitative estimate of drug-likeness (QED) is 0.795. The van der Waals surface area contributed by atoms with Gasteiger partial charge >= 0.3 is 0 Å². The summed E-state index contributed by atoms with van der Waals surface area (Å²) in [4.78, 5) is 1.42. The first-order valence-corrected chi connectivity index (χ1v) is 8.37. The van der Waals surface area contributed by atoms with Gasteiger partial charge in [-0.1, -0.05) is 37.3 Å². The third-order valence-corrected chi connectivity index (χ3v) is 5.57. The molecule has 2 atom stereocenters. The average molecular weight is 338 g/mol. The fourth-order valence-electron chi connectivity index (χ4n) is 2.57. The van der Waals surface area contributed by atoms with E-state index in [1.54, 1.807) is 0 Å². The van der Waals surface area contributed by atoms with E-state index in [4.69, 9.17) is 0 Å². The van der Waals surface area contributed by atoms with Gasteiger partial charge in [-0.15, -0.1) is 11.3 Å². The third-order valence-electron chi connectivity index (χ3n) is 3.62.